The maximum atomic E-state index is 15.0. The molecule has 2 heterocycles. The van der Waals surface area contributed by atoms with Gasteiger partial charge in [0, 0.05) is 6.42 Å². The fourth-order valence-electron chi connectivity index (χ4n) is 3.37. The quantitative estimate of drug-likeness (QED) is 0.341. The summed E-state index contributed by atoms with van der Waals surface area (Å²) in [6.07, 6.45) is -5.67. The van der Waals surface area contributed by atoms with E-state index >= 15 is 4.39 Å². The third kappa shape index (κ3) is 5.61. The van der Waals surface area contributed by atoms with Gasteiger partial charge in [0.2, 0.25) is 0 Å². The number of hydrogen-bond acceptors (Lipinski definition) is 7. The number of H-pyrrole nitrogens is 1. The Kier molecular flexibility index (Phi) is 8.20. The molecular formula is C20H30FN2O7P. The molecule has 1 aliphatic heterocycles. The molecule has 4 unspecified atom stereocenters. The highest BCUT2D eigenvalue weighted by molar-refractivity contribution is 7.53. The number of rotatable bonds is 8. The van der Waals surface area contributed by atoms with Gasteiger partial charge in [-0.1, -0.05) is 19.8 Å². The molecule has 31 heavy (non-hydrogen) atoms. The Labute approximate surface area is 180 Å². The summed E-state index contributed by atoms with van der Waals surface area (Å²) in [5.41, 5.74) is -1.48. The van der Waals surface area contributed by atoms with Crippen LogP contribution in [0.25, 0.3) is 0 Å². The number of aryl methyl sites for hydroxylation is 1. The third-order valence-corrected chi connectivity index (χ3v) is 7.24. The third-order valence-electron chi connectivity index (χ3n) is 5.42. The van der Waals surface area contributed by atoms with Crippen molar-refractivity contribution in [2.75, 3.05) is 0 Å². The molecular weight excluding hydrogens is 430 g/mol. The fourth-order valence-corrected chi connectivity index (χ4v) is 4.79. The molecule has 2 rings (SSSR count). The van der Waals surface area contributed by atoms with Gasteiger partial charge in [-0.2, -0.15) is 0 Å². The molecule has 1 aromatic rings. The molecule has 0 radical (unpaired) electrons. The lowest BCUT2D eigenvalue weighted by Gasteiger charge is -2.34. The molecule has 11 heteroatoms. The van der Waals surface area contributed by atoms with Crippen LogP contribution in [0.4, 0.5) is 4.39 Å². The van der Waals surface area contributed by atoms with Crippen LogP contribution in [0.3, 0.4) is 0 Å². The minimum atomic E-state index is -4.36. The summed E-state index contributed by atoms with van der Waals surface area (Å²) in [7, 11) is -4.36. The first-order chi connectivity index (χ1) is 14.4. The molecule has 1 aromatic heterocycles. The largest absolute Gasteiger partial charge is 0.387 e. The number of aromatic nitrogens is 2. The van der Waals surface area contributed by atoms with E-state index in [4.69, 9.17) is 9.26 Å². The number of nitrogens with one attached hydrogen (secondary N) is 1. The van der Waals surface area contributed by atoms with Gasteiger partial charge in [0.15, 0.2) is 12.0 Å². The Bertz CT molecular complexity index is 959. The van der Waals surface area contributed by atoms with Crippen molar-refractivity contribution in [2.45, 2.75) is 89.8 Å². The Morgan fingerprint density at radius 3 is 2.65 bits per heavy atom. The van der Waals surface area contributed by atoms with Crippen molar-refractivity contribution >= 4 is 7.60 Å². The van der Waals surface area contributed by atoms with Gasteiger partial charge < -0.3 is 29.4 Å². The van der Waals surface area contributed by atoms with Gasteiger partial charge in [-0.15, -0.1) is 0 Å². The van der Waals surface area contributed by atoms with E-state index in [1.165, 1.54) is 20.8 Å². The van der Waals surface area contributed by atoms with Crippen LogP contribution in [0.1, 0.15) is 70.1 Å². The summed E-state index contributed by atoms with van der Waals surface area (Å²) in [5, 5.41) is 20.3. The lowest BCUT2D eigenvalue weighted by atomic mass is 9.92. The van der Waals surface area contributed by atoms with Crippen LogP contribution in [0.2, 0.25) is 0 Å². The highest BCUT2D eigenvalue weighted by atomic mass is 31.2. The molecule has 174 valence electrons. The monoisotopic (exact) mass is 460 g/mol. The SMILES string of the molecule is CC#Cc1[nH]c(=O)c(C)nc1[C@@H]1O[C@H](CC(C)(CC)OP(=O)(O)C(O)CC)C(O)[C@@H]1F. The normalized spacial score (nSPS) is 28.3. The van der Waals surface area contributed by atoms with E-state index in [-0.39, 0.29) is 36.3 Å². The molecule has 1 aliphatic rings. The molecule has 0 saturated carbocycles. The van der Waals surface area contributed by atoms with Crippen molar-refractivity contribution in [1.82, 2.24) is 9.97 Å². The molecule has 0 spiro atoms. The first-order valence-corrected chi connectivity index (χ1v) is 11.8. The van der Waals surface area contributed by atoms with E-state index in [9.17, 15) is 24.5 Å². The van der Waals surface area contributed by atoms with E-state index in [1.54, 1.807) is 13.8 Å². The average Bonchev–Trinajstić information content (AvgIpc) is 2.97. The van der Waals surface area contributed by atoms with Crippen molar-refractivity contribution in [2.24, 2.45) is 0 Å². The zero-order valence-corrected chi connectivity index (χ0v) is 19.1. The highest BCUT2D eigenvalue weighted by Crippen LogP contribution is 2.53. The predicted molar refractivity (Wildman–Crippen MR) is 111 cm³/mol. The Morgan fingerprint density at radius 2 is 2.10 bits per heavy atom. The van der Waals surface area contributed by atoms with Crippen LogP contribution >= 0.6 is 7.60 Å². The van der Waals surface area contributed by atoms with Crippen molar-refractivity contribution in [3.8, 4) is 11.8 Å². The smallest absolute Gasteiger partial charge is 0.356 e. The Balaban J connectivity index is 2.32. The standard InChI is InChI=1S/C20H30FN2O7P/c1-6-9-12-16(22-11(4)19(26)23-12)18-15(21)17(25)13(29-18)10-20(5,8-3)30-31(27,28)14(24)7-2/h13-15,17-18,24-25H,7-8,10H2,1-5H3,(H,23,26)(H,27,28)/t13-,14?,15+,17?,18-,20?/m1/s1. The Morgan fingerprint density at radius 1 is 1.45 bits per heavy atom. The van der Waals surface area contributed by atoms with Gasteiger partial charge in [-0.3, -0.25) is 9.36 Å². The van der Waals surface area contributed by atoms with E-state index in [0.717, 1.165) is 0 Å². The molecule has 7 atom stereocenters. The van der Waals surface area contributed by atoms with Gasteiger partial charge in [0.1, 0.15) is 29.3 Å². The van der Waals surface area contributed by atoms with Gasteiger partial charge in [-0.25, -0.2) is 9.37 Å². The van der Waals surface area contributed by atoms with E-state index in [2.05, 4.69) is 21.8 Å². The second kappa shape index (κ2) is 9.90. The molecule has 1 fully saturated rings. The highest BCUT2D eigenvalue weighted by Gasteiger charge is 2.50. The summed E-state index contributed by atoms with van der Waals surface area (Å²) < 4.78 is 38.5. The van der Waals surface area contributed by atoms with Crippen LogP contribution in [0.15, 0.2) is 4.79 Å². The molecule has 0 bridgehead atoms. The first-order valence-electron chi connectivity index (χ1n) is 10.1. The number of halogens is 1. The van der Waals surface area contributed by atoms with Crippen LogP contribution < -0.4 is 5.56 Å². The number of nitrogens with zero attached hydrogens (tertiary/aromatic N) is 1. The fraction of sp³-hybridized carbons (Fsp3) is 0.700. The molecule has 0 aliphatic carbocycles. The van der Waals surface area contributed by atoms with Crippen molar-refractivity contribution in [1.29, 1.82) is 0 Å². The van der Waals surface area contributed by atoms with Crippen LogP contribution in [0, 0.1) is 18.8 Å². The van der Waals surface area contributed by atoms with E-state index in [0.29, 0.717) is 0 Å². The van der Waals surface area contributed by atoms with E-state index < -0.39 is 49.1 Å². The van der Waals surface area contributed by atoms with Gasteiger partial charge in [0.25, 0.3) is 5.56 Å². The number of aromatic amines is 1. The van der Waals surface area contributed by atoms with Crippen LogP contribution in [-0.2, 0) is 13.8 Å². The number of alkyl halides is 1. The summed E-state index contributed by atoms with van der Waals surface area (Å²) in [4.78, 5) is 28.6. The number of aliphatic hydroxyl groups is 2. The second-order valence-corrected chi connectivity index (χ2v) is 9.78. The zero-order chi connectivity index (χ0) is 23.6. The number of ether oxygens (including phenoxy) is 1. The summed E-state index contributed by atoms with van der Waals surface area (Å²) >= 11 is 0. The predicted octanol–water partition coefficient (Wildman–Crippen LogP) is 2.08. The lowest BCUT2D eigenvalue weighted by Crippen LogP contribution is -2.38. The number of aliphatic hydroxyl groups excluding tert-OH is 2. The van der Waals surface area contributed by atoms with E-state index in [1.807, 2.05) is 0 Å². The van der Waals surface area contributed by atoms with Gasteiger partial charge in [-0.05, 0) is 39.5 Å². The minimum absolute atomic E-state index is 0.0171. The molecule has 0 aromatic carbocycles. The van der Waals surface area contributed by atoms with Crippen molar-refractivity contribution < 1.29 is 33.3 Å². The maximum Gasteiger partial charge on any atom is 0.356 e. The van der Waals surface area contributed by atoms with Gasteiger partial charge in [0.05, 0.1) is 11.7 Å². The minimum Gasteiger partial charge on any atom is -0.387 e. The average molecular weight is 460 g/mol. The van der Waals surface area contributed by atoms with Crippen LogP contribution in [-0.4, -0.2) is 54.9 Å². The van der Waals surface area contributed by atoms with Crippen molar-refractivity contribution in [3.05, 3.63) is 27.4 Å². The summed E-state index contributed by atoms with van der Waals surface area (Å²) in [6, 6.07) is 0. The topological polar surface area (TPSA) is 142 Å². The molecule has 0 amide bonds. The van der Waals surface area contributed by atoms with Crippen LogP contribution in [0.5, 0.6) is 0 Å². The first kappa shape index (κ1) is 25.7. The molecule has 4 N–H and O–H groups in total. The van der Waals surface area contributed by atoms with Gasteiger partial charge >= 0.3 is 7.60 Å². The second-order valence-electron chi connectivity index (χ2n) is 7.87. The Hall–Kier alpha value is -1.60. The lowest BCUT2D eigenvalue weighted by molar-refractivity contribution is -0.0502. The molecule has 9 nitrogen and oxygen atoms in total. The van der Waals surface area contributed by atoms with Crippen molar-refractivity contribution in [3.63, 3.8) is 0 Å². The zero-order valence-electron chi connectivity index (χ0n) is 18.3. The summed E-state index contributed by atoms with van der Waals surface area (Å²) in [5.74, 6) is 3.72. The maximum absolute atomic E-state index is 15.0. The number of hydrogen-bond donors (Lipinski definition) is 4. The molecule has 1 saturated heterocycles. The summed E-state index contributed by atoms with van der Waals surface area (Å²) in [6.45, 7) is 7.78.